The van der Waals surface area contributed by atoms with E-state index in [2.05, 4.69) is 5.32 Å². The molecule has 0 bridgehead atoms. The highest BCUT2D eigenvalue weighted by atomic mass is 19.1. The van der Waals surface area contributed by atoms with Crippen LogP contribution in [-0.4, -0.2) is 19.7 Å². The van der Waals surface area contributed by atoms with Gasteiger partial charge >= 0.3 is 0 Å². The van der Waals surface area contributed by atoms with E-state index < -0.39 is 0 Å². The lowest BCUT2D eigenvalue weighted by Crippen LogP contribution is -2.27. The molecule has 2 rings (SSSR count). The first-order valence-corrected chi connectivity index (χ1v) is 4.40. The number of halogens is 1. The SMILES string of the molecule is CNCC1Cc2cccc(F)c2O1. The second-order valence-corrected chi connectivity index (χ2v) is 3.23. The molecule has 1 N–H and O–H groups in total. The van der Waals surface area contributed by atoms with E-state index in [1.807, 2.05) is 13.1 Å². The topological polar surface area (TPSA) is 21.3 Å². The third-order valence-electron chi connectivity index (χ3n) is 2.21. The number of hydrogen-bond donors (Lipinski definition) is 1. The lowest BCUT2D eigenvalue weighted by atomic mass is 10.1. The summed E-state index contributed by atoms with van der Waals surface area (Å²) in [6.45, 7) is 0.758. The molecule has 1 aromatic rings. The van der Waals surface area contributed by atoms with E-state index in [1.54, 1.807) is 6.07 Å². The van der Waals surface area contributed by atoms with Crippen molar-refractivity contribution >= 4 is 0 Å². The van der Waals surface area contributed by atoms with Gasteiger partial charge in [-0.3, -0.25) is 0 Å². The standard InChI is InChI=1S/C10H12FNO/c1-12-6-8-5-7-3-2-4-9(11)10(7)13-8/h2-4,8,12H,5-6H2,1H3. The van der Waals surface area contributed by atoms with E-state index >= 15 is 0 Å². The molecule has 0 radical (unpaired) electrons. The highest BCUT2D eigenvalue weighted by Gasteiger charge is 2.24. The first-order valence-electron chi connectivity index (χ1n) is 4.40. The Morgan fingerprint density at radius 1 is 1.62 bits per heavy atom. The van der Waals surface area contributed by atoms with E-state index in [4.69, 9.17) is 4.74 Å². The zero-order valence-electron chi connectivity index (χ0n) is 7.51. The van der Waals surface area contributed by atoms with Gasteiger partial charge in [0, 0.05) is 18.5 Å². The first-order chi connectivity index (χ1) is 6.31. The van der Waals surface area contributed by atoms with Gasteiger partial charge in [-0.15, -0.1) is 0 Å². The van der Waals surface area contributed by atoms with Gasteiger partial charge in [-0.1, -0.05) is 12.1 Å². The molecular formula is C10H12FNO. The first kappa shape index (κ1) is 8.51. The number of fused-ring (bicyclic) bond motifs is 1. The molecule has 0 aromatic heterocycles. The summed E-state index contributed by atoms with van der Waals surface area (Å²) >= 11 is 0. The molecule has 1 heterocycles. The Kier molecular flexibility index (Phi) is 2.19. The fourth-order valence-electron chi connectivity index (χ4n) is 1.64. The van der Waals surface area contributed by atoms with Gasteiger partial charge < -0.3 is 10.1 Å². The Hall–Kier alpha value is -1.09. The van der Waals surface area contributed by atoms with Crippen molar-refractivity contribution in [3.63, 3.8) is 0 Å². The molecule has 0 fully saturated rings. The lowest BCUT2D eigenvalue weighted by molar-refractivity contribution is 0.223. The molecule has 0 aliphatic carbocycles. The van der Waals surface area contributed by atoms with Crippen LogP contribution in [0.5, 0.6) is 5.75 Å². The fraction of sp³-hybridized carbons (Fsp3) is 0.400. The van der Waals surface area contributed by atoms with Crippen LogP contribution >= 0.6 is 0 Å². The van der Waals surface area contributed by atoms with Crippen LogP contribution in [-0.2, 0) is 6.42 Å². The van der Waals surface area contributed by atoms with Gasteiger partial charge in [0.2, 0.25) is 0 Å². The summed E-state index contributed by atoms with van der Waals surface area (Å²) in [4.78, 5) is 0. The van der Waals surface area contributed by atoms with Gasteiger partial charge in [0.1, 0.15) is 6.10 Å². The Bertz CT molecular complexity index is 314. The molecule has 1 aliphatic heterocycles. The van der Waals surface area contributed by atoms with Crippen molar-refractivity contribution in [3.8, 4) is 5.75 Å². The van der Waals surface area contributed by atoms with E-state index in [9.17, 15) is 4.39 Å². The van der Waals surface area contributed by atoms with Crippen LogP contribution in [0.25, 0.3) is 0 Å². The van der Waals surface area contributed by atoms with Gasteiger partial charge in [-0.2, -0.15) is 0 Å². The number of benzene rings is 1. The molecule has 13 heavy (non-hydrogen) atoms. The quantitative estimate of drug-likeness (QED) is 0.743. The predicted molar refractivity (Wildman–Crippen MR) is 48.4 cm³/mol. The van der Waals surface area contributed by atoms with E-state index in [0.717, 1.165) is 18.5 Å². The average Bonchev–Trinajstić information content (AvgIpc) is 2.49. The molecule has 1 aliphatic rings. The molecule has 0 saturated heterocycles. The van der Waals surface area contributed by atoms with Crippen molar-refractivity contribution < 1.29 is 9.13 Å². The van der Waals surface area contributed by atoms with Crippen LogP contribution < -0.4 is 10.1 Å². The molecule has 3 heteroatoms. The summed E-state index contributed by atoms with van der Waals surface area (Å²) in [7, 11) is 1.86. The third kappa shape index (κ3) is 1.52. The Morgan fingerprint density at radius 2 is 2.46 bits per heavy atom. The lowest BCUT2D eigenvalue weighted by Gasteiger charge is -2.08. The Balaban J connectivity index is 2.20. The summed E-state index contributed by atoms with van der Waals surface area (Å²) in [5.74, 6) is 0.179. The maximum Gasteiger partial charge on any atom is 0.165 e. The number of hydrogen-bond acceptors (Lipinski definition) is 2. The van der Waals surface area contributed by atoms with Crippen molar-refractivity contribution in [2.75, 3.05) is 13.6 Å². The number of likely N-dealkylation sites (N-methyl/N-ethyl adjacent to an activating group) is 1. The van der Waals surface area contributed by atoms with Crippen LogP contribution in [0.4, 0.5) is 4.39 Å². The van der Waals surface area contributed by atoms with Crippen LogP contribution in [0.15, 0.2) is 18.2 Å². The second kappa shape index (κ2) is 3.34. The van der Waals surface area contributed by atoms with Gasteiger partial charge in [0.25, 0.3) is 0 Å². The number of para-hydroxylation sites is 1. The van der Waals surface area contributed by atoms with Crippen LogP contribution in [0, 0.1) is 5.82 Å². The Morgan fingerprint density at radius 3 is 3.15 bits per heavy atom. The minimum Gasteiger partial charge on any atom is -0.485 e. The largest absolute Gasteiger partial charge is 0.485 e. The van der Waals surface area contributed by atoms with Gasteiger partial charge in [-0.25, -0.2) is 4.39 Å². The van der Waals surface area contributed by atoms with Crippen molar-refractivity contribution in [3.05, 3.63) is 29.6 Å². The number of nitrogens with one attached hydrogen (secondary N) is 1. The number of ether oxygens (including phenoxy) is 1. The molecule has 1 atom stereocenters. The smallest absolute Gasteiger partial charge is 0.165 e. The molecule has 0 spiro atoms. The Labute approximate surface area is 76.7 Å². The maximum atomic E-state index is 13.2. The minimum atomic E-state index is -0.254. The predicted octanol–water partition coefficient (Wildman–Crippen LogP) is 1.35. The van der Waals surface area contributed by atoms with Crippen molar-refractivity contribution in [1.82, 2.24) is 5.32 Å². The zero-order chi connectivity index (χ0) is 9.26. The monoisotopic (exact) mass is 181 g/mol. The van der Waals surface area contributed by atoms with Gasteiger partial charge in [0.05, 0.1) is 0 Å². The molecule has 0 saturated carbocycles. The van der Waals surface area contributed by atoms with Crippen molar-refractivity contribution in [2.24, 2.45) is 0 Å². The summed E-state index contributed by atoms with van der Waals surface area (Å²) < 4.78 is 18.6. The summed E-state index contributed by atoms with van der Waals surface area (Å²) in [5, 5.41) is 3.02. The normalized spacial score (nSPS) is 19.7. The third-order valence-corrected chi connectivity index (χ3v) is 2.21. The highest BCUT2D eigenvalue weighted by molar-refractivity contribution is 5.38. The molecule has 70 valence electrons. The fourth-order valence-corrected chi connectivity index (χ4v) is 1.64. The number of rotatable bonds is 2. The molecule has 1 aromatic carbocycles. The van der Waals surface area contributed by atoms with E-state index in [0.29, 0.717) is 5.75 Å². The average molecular weight is 181 g/mol. The van der Waals surface area contributed by atoms with Crippen LogP contribution in [0.2, 0.25) is 0 Å². The highest BCUT2D eigenvalue weighted by Crippen LogP contribution is 2.30. The summed E-state index contributed by atoms with van der Waals surface area (Å²) in [6.07, 6.45) is 0.880. The summed E-state index contributed by atoms with van der Waals surface area (Å²) in [5.41, 5.74) is 0.972. The molecule has 0 amide bonds. The van der Waals surface area contributed by atoms with E-state index in [-0.39, 0.29) is 11.9 Å². The summed E-state index contributed by atoms with van der Waals surface area (Å²) in [6, 6.07) is 5.06. The second-order valence-electron chi connectivity index (χ2n) is 3.23. The minimum absolute atomic E-state index is 0.0805. The van der Waals surface area contributed by atoms with Crippen molar-refractivity contribution in [1.29, 1.82) is 0 Å². The van der Waals surface area contributed by atoms with Crippen LogP contribution in [0.1, 0.15) is 5.56 Å². The zero-order valence-corrected chi connectivity index (χ0v) is 7.51. The van der Waals surface area contributed by atoms with Gasteiger partial charge in [0.15, 0.2) is 11.6 Å². The van der Waals surface area contributed by atoms with E-state index in [1.165, 1.54) is 6.07 Å². The maximum absolute atomic E-state index is 13.2. The molecule has 2 nitrogen and oxygen atoms in total. The molecule has 1 unspecified atom stereocenters. The molecular weight excluding hydrogens is 169 g/mol. The van der Waals surface area contributed by atoms with Gasteiger partial charge in [-0.05, 0) is 13.1 Å². The van der Waals surface area contributed by atoms with Crippen LogP contribution in [0.3, 0.4) is 0 Å². The van der Waals surface area contributed by atoms with Crippen molar-refractivity contribution in [2.45, 2.75) is 12.5 Å².